The highest BCUT2D eigenvalue weighted by molar-refractivity contribution is 5.44. The Morgan fingerprint density at radius 2 is 2.26 bits per heavy atom. The third kappa shape index (κ3) is 3.75. The minimum Gasteiger partial charge on any atom is -0.317 e. The van der Waals surface area contributed by atoms with Crippen LogP contribution in [-0.2, 0) is 6.54 Å². The molecule has 5 heteroatoms. The molecular formula is C14H21N3O2. The predicted molar refractivity (Wildman–Crippen MR) is 75.2 cm³/mol. The van der Waals surface area contributed by atoms with Crippen molar-refractivity contribution in [2.45, 2.75) is 38.8 Å². The van der Waals surface area contributed by atoms with Crippen molar-refractivity contribution < 1.29 is 4.92 Å². The molecule has 0 spiro atoms. The molecule has 0 saturated carbocycles. The van der Waals surface area contributed by atoms with Gasteiger partial charge in [-0.3, -0.25) is 10.1 Å². The Labute approximate surface area is 113 Å². The number of nitrogens with one attached hydrogen (secondary N) is 2. The Balaban J connectivity index is 1.99. The highest BCUT2D eigenvalue weighted by Gasteiger charge is 2.15. The summed E-state index contributed by atoms with van der Waals surface area (Å²) in [7, 11) is 0. The fraction of sp³-hybridized carbons (Fsp3) is 0.571. The predicted octanol–water partition coefficient (Wildman–Crippen LogP) is 2.13. The molecule has 19 heavy (non-hydrogen) atoms. The molecule has 5 nitrogen and oxygen atoms in total. The zero-order valence-corrected chi connectivity index (χ0v) is 11.3. The highest BCUT2D eigenvalue weighted by atomic mass is 16.6. The van der Waals surface area contributed by atoms with E-state index < -0.39 is 0 Å². The second-order valence-corrected chi connectivity index (χ2v) is 5.08. The summed E-state index contributed by atoms with van der Waals surface area (Å²) < 4.78 is 0. The molecule has 0 radical (unpaired) electrons. The molecule has 1 saturated heterocycles. The van der Waals surface area contributed by atoms with E-state index in [-0.39, 0.29) is 10.6 Å². The normalized spacial score (nSPS) is 19.9. The van der Waals surface area contributed by atoms with E-state index in [0.717, 1.165) is 30.6 Å². The molecular weight excluding hydrogens is 242 g/mol. The third-order valence-corrected chi connectivity index (χ3v) is 3.77. The SMILES string of the molecule is Cc1c(CNC2CCCNCC2)cccc1[N+](=O)[O-]. The Bertz CT molecular complexity index is 440. The van der Waals surface area contributed by atoms with E-state index in [4.69, 9.17) is 0 Å². The van der Waals surface area contributed by atoms with Gasteiger partial charge in [0.2, 0.25) is 0 Å². The van der Waals surface area contributed by atoms with Crippen LogP contribution < -0.4 is 10.6 Å². The van der Waals surface area contributed by atoms with Crippen LogP contribution >= 0.6 is 0 Å². The average molecular weight is 263 g/mol. The molecule has 1 aliphatic rings. The van der Waals surface area contributed by atoms with Crippen LogP contribution in [0.15, 0.2) is 18.2 Å². The molecule has 1 aromatic carbocycles. The van der Waals surface area contributed by atoms with Crippen molar-refractivity contribution in [3.63, 3.8) is 0 Å². The van der Waals surface area contributed by atoms with Crippen molar-refractivity contribution >= 4 is 5.69 Å². The van der Waals surface area contributed by atoms with E-state index in [2.05, 4.69) is 10.6 Å². The maximum absolute atomic E-state index is 10.9. The number of benzene rings is 1. The molecule has 0 amide bonds. The molecule has 0 aliphatic carbocycles. The lowest BCUT2D eigenvalue weighted by Crippen LogP contribution is -2.29. The summed E-state index contributed by atoms with van der Waals surface area (Å²) in [6.45, 7) is 4.67. The fourth-order valence-electron chi connectivity index (χ4n) is 2.54. The smallest absolute Gasteiger partial charge is 0.272 e. The van der Waals surface area contributed by atoms with E-state index in [1.54, 1.807) is 12.1 Å². The lowest BCUT2D eigenvalue weighted by Gasteiger charge is -2.16. The van der Waals surface area contributed by atoms with Gasteiger partial charge < -0.3 is 10.6 Å². The standard InChI is InChI=1S/C14H21N3O2/c1-11-12(4-2-6-14(11)17(18)19)10-16-13-5-3-8-15-9-7-13/h2,4,6,13,15-16H,3,5,7-10H2,1H3. The van der Waals surface area contributed by atoms with E-state index in [1.165, 1.54) is 12.8 Å². The quantitative estimate of drug-likeness (QED) is 0.645. The Morgan fingerprint density at radius 1 is 1.42 bits per heavy atom. The number of nitrogens with zero attached hydrogens (tertiary/aromatic N) is 1. The van der Waals surface area contributed by atoms with Crippen LogP contribution in [0.2, 0.25) is 0 Å². The first-order chi connectivity index (χ1) is 9.18. The van der Waals surface area contributed by atoms with Gasteiger partial charge in [0, 0.05) is 24.2 Å². The first-order valence-corrected chi connectivity index (χ1v) is 6.85. The molecule has 104 valence electrons. The highest BCUT2D eigenvalue weighted by Crippen LogP contribution is 2.21. The summed E-state index contributed by atoms with van der Waals surface area (Å²) in [6.07, 6.45) is 3.47. The van der Waals surface area contributed by atoms with Crippen molar-refractivity contribution in [3.8, 4) is 0 Å². The van der Waals surface area contributed by atoms with Gasteiger partial charge in [0.05, 0.1) is 4.92 Å². The van der Waals surface area contributed by atoms with Gasteiger partial charge in [0.1, 0.15) is 0 Å². The van der Waals surface area contributed by atoms with Gasteiger partial charge in [-0.25, -0.2) is 0 Å². The van der Waals surface area contributed by atoms with Crippen LogP contribution in [0.1, 0.15) is 30.4 Å². The molecule has 0 aromatic heterocycles. The fourth-order valence-corrected chi connectivity index (χ4v) is 2.54. The van der Waals surface area contributed by atoms with E-state index in [9.17, 15) is 10.1 Å². The van der Waals surface area contributed by atoms with Crippen LogP contribution in [0.3, 0.4) is 0 Å². The Kier molecular flexibility index (Phi) is 4.87. The Morgan fingerprint density at radius 3 is 3.05 bits per heavy atom. The third-order valence-electron chi connectivity index (χ3n) is 3.77. The summed E-state index contributed by atoms with van der Waals surface area (Å²) in [5.74, 6) is 0. The molecule has 2 N–H and O–H groups in total. The number of hydrogen-bond donors (Lipinski definition) is 2. The van der Waals surface area contributed by atoms with Crippen molar-refractivity contribution in [2.24, 2.45) is 0 Å². The lowest BCUT2D eigenvalue weighted by atomic mass is 10.1. The number of nitro groups is 1. The summed E-state index contributed by atoms with van der Waals surface area (Å²) in [4.78, 5) is 10.6. The number of nitro benzene ring substituents is 1. The van der Waals surface area contributed by atoms with Crippen LogP contribution in [0.5, 0.6) is 0 Å². The molecule has 1 fully saturated rings. The Hall–Kier alpha value is -1.46. The van der Waals surface area contributed by atoms with Crippen molar-refractivity contribution in [1.82, 2.24) is 10.6 Å². The largest absolute Gasteiger partial charge is 0.317 e. The maximum Gasteiger partial charge on any atom is 0.272 e. The number of rotatable bonds is 4. The lowest BCUT2D eigenvalue weighted by molar-refractivity contribution is -0.385. The van der Waals surface area contributed by atoms with Gasteiger partial charge in [-0.2, -0.15) is 0 Å². The molecule has 1 atom stereocenters. The summed E-state index contributed by atoms with van der Waals surface area (Å²) in [5.41, 5.74) is 2.00. The van der Waals surface area contributed by atoms with E-state index in [0.29, 0.717) is 12.6 Å². The van der Waals surface area contributed by atoms with Gasteiger partial charge >= 0.3 is 0 Å². The van der Waals surface area contributed by atoms with Gasteiger partial charge in [-0.1, -0.05) is 12.1 Å². The average Bonchev–Trinajstić information content (AvgIpc) is 2.66. The minimum atomic E-state index is -0.311. The maximum atomic E-state index is 10.9. The van der Waals surface area contributed by atoms with Crippen molar-refractivity contribution in [1.29, 1.82) is 0 Å². The van der Waals surface area contributed by atoms with Crippen LogP contribution in [0.25, 0.3) is 0 Å². The molecule has 1 heterocycles. The van der Waals surface area contributed by atoms with Crippen LogP contribution in [0, 0.1) is 17.0 Å². The van der Waals surface area contributed by atoms with Crippen molar-refractivity contribution in [2.75, 3.05) is 13.1 Å². The monoisotopic (exact) mass is 263 g/mol. The first-order valence-electron chi connectivity index (χ1n) is 6.85. The van der Waals surface area contributed by atoms with Gasteiger partial charge in [-0.05, 0) is 44.8 Å². The second kappa shape index (κ2) is 6.63. The van der Waals surface area contributed by atoms with E-state index in [1.807, 2.05) is 13.0 Å². The second-order valence-electron chi connectivity index (χ2n) is 5.08. The molecule has 0 bridgehead atoms. The molecule has 1 aliphatic heterocycles. The molecule has 1 unspecified atom stereocenters. The topological polar surface area (TPSA) is 67.2 Å². The van der Waals surface area contributed by atoms with Gasteiger partial charge in [0.25, 0.3) is 5.69 Å². The van der Waals surface area contributed by atoms with Gasteiger partial charge in [-0.15, -0.1) is 0 Å². The minimum absolute atomic E-state index is 0.210. The molecule has 2 rings (SSSR count). The zero-order chi connectivity index (χ0) is 13.7. The van der Waals surface area contributed by atoms with Crippen LogP contribution in [0.4, 0.5) is 5.69 Å². The van der Waals surface area contributed by atoms with Crippen LogP contribution in [-0.4, -0.2) is 24.1 Å². The van der Waals surface area contributed by atoms with Crippen molar-refractivity contribution in [3.05, 3.63) is 39.4 Å². The van der Waals surface area contributed by atoms with Gasteiger partial charge in [0.15, 0.2) is 0 Å². The summed E-state index contributed by atoms with van der Waals surface area (Å²) >= 11 is 0. The first kappa shape index (κ1) is 14.0. The zero-order valence-electron chi connectivity index (χ0n) is 11.3. The van der Waals surface area contributed by atoms with E-state index >= 15 is 0 Å². The number of hydrogen-bond acceptors (Lipinski definition) is 4. The molecule has 1 aromatic rings. The summed E-state index contributed by atoms with van der Waals surface area (Å²) in [6, 6.07) is 5.80. The summed E-state index contributed by atoms with van der Waals surface area (Å²) in [5, 5.41) is 17.8.